The number of nitrogens with zero attached hydrogens (tertiary/aromatic N) is 4. The third-order valence-electron chi connectivity index (χ3n) is 5.66. The molecule has 4 rings (SSSR count). The van der Waals surface area contributed by atoms with Crippen molar-refractivity contribution in [3.63, 3.8) is 0 Å². The molecule has 0 saturated carbocycles. The van der Waals surface area contributed by atoms with Crippen molar-refractivity contribution >= 4 is 28.4 Å². The van der Waals surface area contributed by atoms with Crippen molar-refractivity contribution in [2.24, 2.45) is 0 Å². The van der Waals surface area contributed by atoms with Crippen molar-refractivity contribution < 1.29 is 19.0 Å². The molecule has 182 valence electrons. The normalized spacial score (nSPS) is 13.0. The zero-order chi connectivity index (χ0) is 25.1. The lowest BCUT2D eigenvalue weighted by molar-refractivity contribution is -0.130. The van der Waals surface area contributed by atoms with Gasteiger partial charge in [0.2, 0.25) is 5.91 Å². The van der Waals surface area contributed by atoms with Crippen LogP contribution in [0.2, 0.25) is 5.02 Å². The molecule has 2 aromatic carbocycles. The summed E-state index contributed by atoms with van der Waals surface area (Å²) in [5.41, 5.74) is 3.18. The number of aryl methyl sites for hydroxylation is 1. The summed E-state index contributed by atoms with van der Waals surface area (Å²) < 4.78 is 22.0. The van der Waals surface area contributed by atoms with Gasteiger partial charge in [0.05, 0.1) is 29.1 Å². The van der Waals surface area contributed by atoms with Gasteiger partial charge in [0, 0.05) is 16.6 Å². The van der Waals surface area contributed by atoms with Crippen LogP contribution < -0.4 is 10.1 Å². The van der Waals surface area contributed by atoms with E-state index in [-0.39, 0.29) is 18.1 Å². The highest BCUT2D eigenvalue weighted by atomic mass is 35.5. The molecule has 0 aliphatic heterocycles. The van der Waals surface area contributed by atoms with E-state index < -0.39 is 23.9 Å². The van der Waals surface area contributed by atoms with Crippen LogP contribution in [0.5, 0.6) is 5.75 Å². The molecule has 35 heavy (non-hydrogen) atoms. The molecule has 4 aromatic rings. The number of fused-ring (bicyclic) bond motifs is 1. The second-order valence-electron chi connectivity index (χ2n) is 8.18. The lowest BCUT2D eigenvalue weighted by atomic mass is 10.0. The van der Waals surface area contributed by atoms with Crippen LogP contribution in [0.3, 0.4) is 0 Å². The third kappa shape index (κ3) is 5.26. The lowest BCUT2D eigenvalue weighted by Crippen LogP contribution is -2.36. The van der Waals surface area contributed by atoms with Crippen molar-refractivity contribution in [2.45, 2.75) is 45.9 Å². The van der Waals surface area contributed by atoms with Crippen molar-refractivity contribution in [2.75, 3.05) is 0 Å². The molecule has 0 radical (unpaired) electrons. The number of para-hydroxylation sites is 1. The number of ether oxygens (including phenoxy) is 1. The molecule has 0 saturated heterocycles. The Morgan fingerprint density at radius 1 is 1.31 bits per heavy atom. The summed E-state index contributed by atoms with van der Waals surface area (Å²) in [7, 11) is 0. The molecule has 2 atom stereocenters. The predicted octanol–water partition coefficient (Wildman–Crippen LogP) is 4.44. The SMILES string of the molecule is CC[C@H](O)C(=O)N[C@@H](C)c1cc(F)cc(Cl)c1COc1cccc2c(-n3ccnn3)cc(C)nc12. The van der Waals surface area contributed by atoms with E-state index in [0.29, 0.717) is 22.4 Å². The molecule has 8 nitrogen and oxygen atoms in total. The third-order valence-corrected chi connectivity index (χ3v) is 6.00. The van der Waals surface area contributed by atoms with E-state index in [0.717, 1.165) is 16.8 Å². The first-order valence-corrected chi connectivity index (χ1v) is 11.5. The fourth-order valence-electron chi connectivity index (χ4n) is 3.86. The Kier molecular flexibility index (Phi) is 7.28. The van der Waals surface area contributed by atoms with Crippen LogP contribution >= 0.6 is 11.6 Å². The minimum atomic E-state index is -1.15. The number of rotatable bonds is 8. The number of aliphatic hydroxyl groups excluding tert-OH is 1. The average molecular weight is 498 g/mol. The van der Waals surface area contributed by atoms with Gasteiger partial charge in [0.25, 0.3) is 0 Å². The highest BCUT2D eigenvalue weighted by molar-refractivity contribution is 6.31. The van der Waals surface area contributed by atoms with Crippen LogP contribution in [0.4, 0.5) is 4.39 Å². The Morgan fingerprint density at radius 2 is 2.11 bits per heavy atom. The van der Waals surface area contributed by atoms with Gasteiger partial charge in [-0.15, -0.1) is 5.10 Å². The molecule has 2 aromatic heterocycles. The van der Waals surface area contributed by atoms with Crippen LogP contribution in [0.15, 0.2) is 48.8 Å². The molecule has 0 unspecified atom stereocenters. The molecule has 1 amide bonds. The summed E-state index contributed by atoms with van der Waals surface area (Å²) in [6.07, 6.45) is 2.46. The molecule has 0 aliphatic carbocycles. The van der Waals surface area contributed by atoms with Gasteiger partial charge < -0.3 is 15.2 Å². The fourth-order valence-corrected chi connectivity index (χ4v) is 4.12. The van der Waals surface area contributed by atoms with E-state index in [9.17, 15) is 14.3 Å². The van der Waals surface area contributed by atoms with Gasteiger partial charge in [-0.3, -0.25) is 4.79 Å². The largest absolute Gasteiger partial charge is 0.487 e. The summed E-state index contributed by atoms with van der Waals surface area (Å²) in [4.78, 5) is 16.8. The number of aromatic nitrogens is 4. The van der Waals surface area contributed by atoms with Gasteiger partial charge in [-0.1, -0.05) is 35.9 Å². The van der Waals surface area contributed by atoms with Crippen molar-refractivity contribution in [1.29, 1.82) is 0 Å². The van der Waals surface area contributed by atoms with Crippen LogP contribution in [0.1, 0.15) is 43.1 Å². The van der Waals surface area contributed by atoms with Gasteiger partial charge in [0.1, 0.15) is 29.8 Å². The maximum atomic E-state index is 14.2. The summed E-state index contributed by atoms with van der Waals surface area (Å²) in [6.45, 7) is 5.28. The van der Waals surface area contributed by atoms with Gasteiger partial charge in [0.15, 0.2) is 0 Å². The zero-order valence-electron chi connectivity index (χ0n) is 19.5. The second kappa shape index (κ2) is 10.4. The second-order valence-corrected chi connectivity index (χ2v) is 8.59. The summed E-state index contributed by atoms with van der Waals surface area (Å²) in [5.74, 6) is -0.565. The molecule has 0 bridgehead atoms. The molecule has 2 N–H and O–H groups in total. The molecule has 2 heterocycles. The molecule has 0 spiro atoms. The van der Waals surface area contributed by atoms with Crippen LogP contribution in [0.25, 0.3) is 16.6 Å². The number of aliphatic hydroxyl groups is 1. The Balaban J connectivity index is 1.67. The number of amides is 1. The van der Waals surface area contributed by atoms with Gasteiger partial charge in [-0.25, -0.2) is 14.1 Å². The van der Waals surface area contributed by atoms with E-state index in [4.69, 9.17) is 16.3 Å². The minimum Gasteiger partial charge on any atom is -0.487 e. The fraction of sp³-hybridized carbons (Fsp3) is 0.280. The van der Waals surface area contributed by atoms with Crippen molar-refractivity contribution in [1.82, 2.24) is 25.3 Å². The van der Waals surface area contributed by atoms with Crippen LogP contribution in [-0.2, 0) is 11.4 Å². The number of hydrogen-bond donors (Lipinski definition) is 2. The van der Waals surface area contributed by atoms with E-state index in [1.807, 2.05) is 25.1 Å². The zero-order valence-corrected chi connectivity index (χ0v) is 20.3. The van der Waals surface area contributed by atoms with Crippen LogP contribution in [-0.4, -0.2) is 37.1 Å². The number of nitrogens with one attached hydrogen (secondary N) is 1. The monoisotopic (exact) mass is 497 g/mol. The Morgan fingerprint density at radius 3 is 2.83 bits per heavy atom. The van der Waals surface area contributed by atoms with E-state index in [1.54, 1.807) is 37.0 Å². The Hall–Kier alpha value is -3.56. The number of halogens is 2. The topological polar surface area (TPSA) is 102 Å². The molecule has 10 heteroatoms. The molecular weight excluding hydrogens is 473 g/mol. The van der Waals surface area contributed by atoms with Crippen LogP contribution in [0, 0.1) is 12.7 Å². The quantitative estimate of drug-likeness (QED) is 0.373. The summed E-state index contributed by atoms with van der Waals surface area (Å²) in [6, 6.07) is 9.36. The first kappa shape index (κ1) is 24.6. The maximum absolute atomic E-state index is 14.2. The van der Waals surface area contributed by atoms with Crippen molar-refractivity contribution in [3.8, 4) is 11.4 Å². The smallest absolute Gasteiger partial charge is 0.249 e. The Labute approximate surface area is 206 Å². The number of carbonyl (C=O) groups excluding carboxylic acids is 1. The Bertz CT molecular complexity index is 1360. The first-order valence-electron chi connectivity index (χ1n) is 11.1. The standard InChI is InChI=1S/C25H25ClFN5O3/c1-4-22(33)25(34)30-15(3)18-11-16(27)12-20(26)19(18)13-35-23-7-5-6-17-21(32-9-8-28-31-32)10-14(2)29-24(17)23/h5-12,15,22,33H,4,13H2,1-3H3,(H,30,34)/t15-,22-/m0/s1. The highest BCUT2D eigenvalue weighted by Crippen LogP contribution is 2.32. The minimum absolute atomic E-state index is 0.0123. The van der Waals surface area contributed by atoms with Gasteiger partial charge in [-0.2, -0.15) is 0 Å². The van der Waals surface area contributed by atoms with Gasteiger partial charge >= 0.3 is 0 Å². The molecule has 0 fully saturated rings. The number of benzene rings is 2. The molecular formula is C25H25ClFN5O3. The number of pyridine rings is 1. The highest BCUT2D eigenvalue weighted by Gasteiger charge is 2.21. The van der Waals surface area contributed by atoms with E-state index in [2.05, 4.69) is 20.6 Å². The van der Waals surface area contributed by atoms with Crippen molar-refractivity contribution in [3.05, 3.63) is 76.5 Å². The van der Waals surface area contributed by atoms with Gasteiger partial charge in [-0.05, 0) is 50.1 Å². The first-order chi connectivity index (χ1) is 16.8. The lowest BCUT2D eigenvalue weighted by Gasteiger charge is -2.21. The number of carbonyl (C=O) groups is 1. The predicted molar refractivity (Wildman–Crippen MR) is 130 cm³/mol. The average Bonchev–Trinajstić information content (AvgIpc) is 3.37. The van der Waals surface area contributed by atoms with E-state index in [1.165, 1.54) is 12.1 Å². The number of hydrogen-bond acceptors (Lipinski definition) is 6. The van der Waals surface area contributed by atoms with E-state index >= 15 is 0 Å². The summed E-state index contributed by atoms with van der Waals surface area (Å²) >= 11 is 6.39. The summed E-state index contributed by atoms with van der Waals surface area (Å²) in [5, 5.41) is 21.5. The molecule has 0 aliphatic rings. The maximum Gasteiger partial charge on any atom is 0.249 e.